The molecular formula is C55H48. The van der Waals surface area contributed by atoms with Crippen LogP contribution in [0.2, 0.25) is 0 Å². The second kappa shape index (κ2) is 14.9. The van der Waals surface area contributed by atoms with Crippen LogP contribution in [0.25, 0.3) is 86.9 Å². The Balaban J connectivity index is 0.000000153. The lowest BCUT2D eigenvalue weighted by Gasteiger charge is -2.13. The highest BCUT2D eigenvalue weighted by Crippen LogP contribution is 2.39. The summed E-state index contributed by atoms with van der Waals surface area (Å²) >= 11 is 0. The van der Waals surface area contributed by atoms with E-state index in [0.29, 0.717) is 5.92 Å². The first kappa shape index (κ1) is 35.8. The maximum atomic E-state index is 2.36. The van der Waals surface area contributed by atoms with Gasteiger partial charge in [-0.1, -0.05) is 196 Å². The summed E-state index contributed by atoms with van der Waals surface area (Å²) in [7, 11) is 0. The molecule has 0 aliphatic rings. The maximum Gasteiger partial charge on any atom is -0.00928 e. The molecule has 10 rings (SSSR count). The van der Waals surface area contributed by atoms with E-state index in [1.165, 1.54) is 110 Å². The van der Waals surface area contributed by atoms with E-state index < -0.39 is 0 Å². The lowest BCUT2D eigenvalue weighted by atomic mass is 9.91. The minimum Gasteiger partial charge on any atom is -0.0776 e. The highest BCUT2D eigenvalue weighted by atomic mass is 14.2. The molecule has 0 aromatic heterocycles. The monoisotopic (exact) mass is 708 g/mol. The van der Waals surface area contributed by atoms with Crippen molar-refractivity contribution in [3.05, 3.63) is 193 Å². The molecule has 55 heavy (non-hydrogen) atoms. The van der Waals surface area contributed by atoms with Crippen LogP contribution < -0.4 is 0 Å². The average Bonchev–Trinajstić information content (AvgIpc) is 3.24. The fourth-order valence-corrected chi connectivity index (χ4v) is 8.32. The van der Waals surface area contributed by atoms with Crippen molar-refractivity contribution in [2.45, 2.75) is 47.5 Å². The Morgan fingerprint density at radius 2 is 0.636 bits per heavy atom. The normalized spacial score (nSPS) is 11.9. The van der Waals surface area contributed by atoms with Crippen LogP contribution in [0.1, 0.15) is 50.3 Å². The molecular weight excluding hydrogens is 661 g/mol. The summed E-state index contributed by atoms with van der Waals surface area (Å²) in [5, 5.41) is 16.0. The minimum atomic E-state index is 0. The summed E-state index contributed by atoms with van der Waals surface area (Å²) in [5.74, 6) is 0.612. The van der Waals surface area contributed by atoms with Crippen LogP contribution in [-0.4, -0.2) is 0 Å². The molecule has 0 spiro atoms. The molecule has 1 atom stereocenters. The van der Waals surface area contributed by atoms with E-state index in [-0.39, 0.29) is 7.43 Å². The van der Waals surface area contributed by atoms with Crippen LogP contribution >= 0.6 is 0 Å². The van der Waals surface area contributed by atoms with Gasteiger partial charge in [0.25, 0.3) is 0 Å². The third-order valence-corrected chi connectivity index (χ3v) is 11.5. The molecule has 0 aliphatic carbocycles. The number of rotatable bonds is 4. The molecule has 0 amide bonds. The van der Waals surface area contributed by atoms with Crippen molar-refractivity contribution in [1.29, 1.82) is 0 Å². The molecule has 0 bridgehead atoms. The molecule has 0 saturated carbocycles. The van der Waals surface area contributed by atoms with Crippen LogP contribution in [-0.2, 0) is 0 Å². The molecule has 10 aromatic carbocycles. The lowest BCUT2D eigenvalue weighted by molar-refractivity contribution is 0.734. The highest BCUT2D eigenvalue weighted by Gasteiger charge is 2.12. The number of hydrogen-bond acceptors (Lipinski definition) is 0. The van der Waals surface area contributed by atoms with Gasteiger partial charge < -0.3 is 0 Å². The van der Waals surface area contributed by atoms with E-state index in [9.17, 15) is 0 Å². The van der Waals surface area contributed by atoms with Crippen LogP contribution in [0.5, 0.6) is 0 Å². The molecule has 0 saturated heterocycles. The van der Waals surface area contributed by atoms with Crippen molar-refractivity contribution in [1.82, 2.24) is 0 Å². The molecule has 0 heterocycles. The van der Waals surface area contributed by atoms with Gasteiger partial charge in [-0.25, -0.2) is 0 Å². The van der Waals surface area contributed by atoms with E-state index in [2.05, 4.69) is 204 Å². The van der Waals surface area contributed by atoms with Crippen LogP contribution in [0.15, 0.2) is 176 Å². The van der Waals surface area contributed by atoms with Gasteiger partial charge in [-0.05, 0) is 131 Å². The first-order chi connectivity index (χ1) is 26.5. The second-order valence-corrected chi connectivity index (χ2v) is 15.0. The fraction of sp³-hybridized carbons (Fsp3) is 0.127. The van der Waals surface area contributed by atoms with Gasteiger partial charge in [0.15, 0.2) is 0 Å². The largest absolute Gasteiger partial charge is 0.0776 e. The molecule has 0 aliphatic heterocycles. The summed E-state index contributed by atoms with van der Waals surface area (Å²) in [6.45, 7) is 8.84. The van der Waals surface area contributed by atoms with E-state index in [1.807, 2.05) is 0 Å². The standard InChI is InChI=1S/C28H24.C26H20.CH4/c1-3-19(2)20-12-14-21(15-13-20)22-16-17-27-25-10-5-4-8-23(25)24-9-6-7-11-26(24)28(27)18-22;1-17-7-10-19(11-8-17)20-12-14-24-23-13-9-18(2)15-25(23)21-5-3-4-6-22(21)26(24)16-20;/h4-19H,3H2,1-2H3;3-16H,1-2H3;1H4. The molecule has 10 aromatic rings. The Bertz CT molecular complexity index is 2930. The van der Waals surface area contributed by atoms with Crippen molar-refractivity contribution in [3.63, 3.8) is 0 Å². The summed E-state index contributed by atoms with van der Waals surface area (Å²) in [6.07, 6.45) is 1.17. The Morgan fingerprint density at radius 1 is 0.327 bits per heavy atom. The van der Waals surface area contributed by atoms with E-state index in [1.54, 1.807) is 0 Å². The zero-order chi connectivity index (χ0) is 36.8. The molecule has 268 valence electrons. The molecule has 1 unspecified atom stereocenters. The summed E-state index contributed by atoms with van der Waals surface area (Å²) in [4.78, 5) is 0. The van der Waals surface area contributed by atoms with E-state index in [0.717, 1.165) is 0 Å². The Hall–Kier alpha value is -6.24. The summed E-state index contributed by atoms with van der Waals surface area (Å²) in [6, 6.07) is 64.8. The van der Waals surface area contributed by atoms with Gasteiger partial charge in [0.1, 0.15) is 0 Å². The SMILES string of the molecule is C.CCC(C)c1ccc(-c2ccc3c4ccccc4c4ccccc4c3c2)cc1.Cc1ccc(-c2ccc3c4ccc(C)cc4c4ccccc4c3c2)cc1. The van der Waals surface area contributed by atoms with Crippen molar-refractivity contribution in [2.75, 3.05) is 0 Å². The van der Waals surface area contributed by atoms with Crippen molar-refractivity contribution in [2.24, 2.45) is 0 Å². The van der Waals surface area contributed by atoms with E-state index >= 15 is 0 Å². The van der Waals surface area contributed by atoms with Crippen molar-refractivity contribution < 1.29 is 0 Å². The van der Waals surface area contributed by atoms with Crippen LogP contribution in [0.4, 0.5) is 0 Å². The average molecular weight is 709 g/mol. The number of fused-ring (bicyclic) bond motifs is 12. The lowest BCUT2D eigenvalue weighted by Crippen LogP contribution is -1.90. The molecule has 0 N–H and O–H groups in total. The Morgan fingerprint density at radius 3 is 1.05 bits per heavy atom. The molecule has 0 fully saturated rings. The molecule has 0 heteroatoms. The van der Waals surface area contributed by atoms with Crippen LogP contribution in [0.3, 0.4) is 0 Å². The first-order valence-corrected chi connectivity index (χ1v) is 19.3. The van der Waals surface area contributed by atoms with Gasteiger partial charge in [0.05, 0.1) is 0 Å². The number of hydrogen-bond donors (Lipinski definition) is 0. The van der Waals surface area contributed by atoms with Gasteiger partial charge >= 0.3 is 0 Å². The van der Waals surface area contributed by atoms with Crippen LogP contribution in [0, 0.1) is 13.8 Å². The Labute approximate surface area is 325 Å². The summed E-state index contributed by atoms with van der Waals surface area (Å²) in [5.41, 5.74) is 9.12. The molecule has 0 nitrogen and oxygen atoms in total. The van der Waals surface area contributed by atoms with Gasteiger partial charge in [0, 0.05) is 0 Å². The fourth-order valence-electron chi connectivity index (χ4n) is 8.32. The smallest absolute Gasteiger partial charge is 0.00928 e. The third-order valence-electron chi connectivity index (χ3n) is 11.5. The number of aryl methyl sites for hydroxylation is 2. The Kier molecular flexibility index (Phi) is 9.68. The summed E-state index contributed by atoms with van der Waals surface area (Å²) < 4.78 is 0. The van der Waals surface area contributed by atoms with E-state index in [4.69, 9.17) is 0 Å². The van der Waals surface area contributed by atoms with Gasteiger partial charge in [-0.15, -0.1) is 0 Å². The van der Waals surface area contributed by atoms with Gasteiger partial charge in [-0.3, -0.25) is 0 Å². The second-order valence-electron chi connectivity index (χ2n) is 15.0. The maximum absolute atomic E-state index is 2.36. The topological polar surface area (TPSA) is 0 Å². The third kappa shape index (κ3) is 6.53. The first-order valence-electron chi connectivity index (χ1n) is 19.3. The zero-order valence-electron chi connectivity index (χ0n) is 31.5. The predicted molar refractivity (Wildman–Crippen MR) is 244 cm³/mol. The van der Waals surface area contributed by atoms with Gasteiger partial charge in [0.2, 0.25) is 0 Å². The molecule has 0 radical (unpaired) electrons. The number of benzene rings is 10. The van der Waals surface area contributed by atoms with Crippen molar-refractivity contribution in [3.8, 4) is 22.3 Å². The quantitative estimate of drug-likeness (QED) is 0.160. The zero-order valence-corrected chi connectivity index (χ0v) is 31.5. The highest BCUT2D eigenvalue weighted by molar-refractivity contribution is 6.27. The van der Waals surface area contributed by atoms with Gasteiger partial charge in [-0.2, -0.15) is 0 Å². The minimum absolute atomic E-state index is 0. The van der Waals surface area contributed by atoms with Crippen molar-refractivity contribution >= 4 is 64.6 Å². The predicted octanol–water partition coefficient (Wildman–Crippen LogP) is 16.4.